The molecule has 0 aliphatic rings. The summed E-state index contributed by atoms with van der Waals surface area (Å²) in [6.07, 6.45) is 1.74. The number of carbonyl (C=O) groups is 1. The van der Waals surface area contributed by atoms with Gasteiger partial charge < -0.3 is 10.4 Å². The molecule has 14 heavy (non-hydrogen) atoms. The van der Waals surface area contributed by atoms with Crippen molar-refractivity contribution >= 4 is 11.8 Å². The molecule has 4 nitrogen and oxygen atoms in total. The summed E-state index contributed by atoms with van der Waals surface area (Å²) in [5.41, 5.74) is 1.09. The van der Waals surface area contributed by atoms with E-state index in [1.807, 2.05) is 19.1 Å². The predicted molar refractivity (Wildman–Crippen MR) is 54.3 cm³/mol. The van der Waals surface area contributed by atoms with Crippen LogP contribution in [-0.4, -0.2) is 22.6 Å². The molecule has 0 saturated heterocycles. The Morgan fingerprint density at radius 3 is 2.86 bits per heavy atom. The molecule has 2 N–H and O–H groups in total. The quantitative estimate of drug-likeness (QED) is 0.762. The van der Waals surface area contributed by atoms with Crippen LogP contribution in [0.4, 0.5) is 5.82 Å². The Morgan fingerprint density at radius 1 is 1.64 bits per heavy atom. The van der Waals surface area contributed by atoms with Crippen LogP contribution in [0.5, 0.6) is 0 Å². The Labute approximate surface area is 83.0 Å². The number of aliphatic carboxylic acids is 1. The summed E-state index contributed by atoms with van der Waals surface area (Å²) in [7, 11) is 0. The zero-order valence-electron chi connectivity index (χ0n) is 8.32. The molecule has 1 aromatic heterocycles. The van der Waals surface area contributed by atoms with E-state index in [0.717, 1.165) is 5.56 Å². The molecule has 1 rings (SSSR count). The highest BCUT2D eigenvalue weighted by Gasteiger charge is 2.09. The second kappa shape index (κ2) is 4.60. The standard InChI is InChI=1S/C10H14N2O2/c1-7-3-4-9(11-5-7)12-6-8(2)10(13)14/h3-5,8H,6H2,1-2H3,(H,11,12)(H,13,14). The molecule has 1 unspecified atom stereocenters. The topological polar surface area (TPSA) is 62.2 Å². The average Bonchev–Trinajstić information content (AvgIpc) is 2.16. The van der Waals surface area contributed by atoms with E-state index in [9.17, 15) is 4.79 Å². The molecule has 0 bridgehead atoms. The summed E-state index contributed by atoms with van der Waals surface area (Å²) >= 11 is 0. The maximum absolute atomic E-state index is 10.5. The van der Waals surface area contributed by atoms with Gasteiger partial charge in [-0.15, -0.1) is 0 Å². The summed E-state index contributed by atoms with van der Waals surface area (Å²) < 4.78 is 0. The van der Waals surface area contributed by atoms with Crippen LogP contribution in [0.15, 0.2) is 18.3 Å². The molecule has 76 valence electrons. The molecule has 1 atom stereocenters. The van der Waals surface area contributed by atoms with Gasteiger partial charge in [-0.25, -0.2) is 4.98 Å². The van der Waals surface area contributed by atoms with Gasteiger partial charge in [-0.3, -0.25) is 4.79 Å². The number of pyridine rings is 1. The lowest BCUT2D eigenvalue weighted by molar-refractivity contribution is -0.140. The molecule has 0 fully saturated rings. The molecule has 4 heteroatoms. The van der Waals surface area contributed by atoms with Crippen LogP contribution < -0.4 is 5.32 Å². The van der Waals surface area contributed by atoms with E-state index in [1.54, 1.807) is 13.1 Å². The number of carboxylic acid groups (broad SMARTS) is 1. The summed E-state index contributed by atoms with van der Waals surface area (Å²) in [5, 5.41) is 11.6. The van der Waals surface area contributed by atoms with Gasteiger partial charge in [0.15, 0.2) is 0 Å². The number of anilines is 1. The average molecular weight is 194 g/mol. The number of hydrogen-bond acceptors (Lipinski definition) is 3. The first-order valence-electron chi connectivity index (χ1n) is 4.49. The van der Waals surface area contributed by atoms with Crippen molar-refractivity contribution in [2.75, 3.05) is 11.9 Å². The number of hydrogen-bond donors (Lipinski definition) is 2. The monoisotopic (exact) mass is 194 g/mol. The predicted octanol–water partition coefficient (Wildman–Crippen LogP) is 1.52. The van der Waals surface area contributed by atoms with Gasteiger partial charge in [-0.1, -0.05) is 13.0 Å². The first-order chi connectivity index (χ1) is 6.59. The molecular weight excluding hydrogens is 180 g/mol. The van der Waals surface area contributed by atoms with E-state index in [1.165, 1.54) is 0 Å². The third-order valence-corrected chi connectivity index (χ3v) is 1.92. The number of carboxylic acids is 1. The highest BCUT2D eigenvalue weighted by molar-refractivity contribution is 5.70. The second-order valence-corrected chi connectivity index (χ2v) is 3.34. The minimum absolute atomic E-state index is 0.394. The van der Waals surface area contributed by atoms with Gasteiger partial charge in [0.25, 0.3) is 0 Å². The molecule has 1 heterocycles. The fraction of sp³-hybridized carbons (Fsp3) is 0.400. The summed E-state index contributed by atoms with van der Waals surface area (Å²) in [4.78, 5) is 14.6. The van der Waals surface area contributed by atoms with Crippen LogP contribution in [0.1, 0.15) is 12.5 Å². The van der Waals surface area contributed by atoms with Gasteiger partial charge in [0.05, 0.1) is 5.92 Å². The van der Waals surface area contributed by atoms with Crippen molar-refractivity contribution < 1.29 is 9.90 Å². The van der Waals surface area contributed by atoms with E-state index < -0.39 is 11.9 Å². The summed E-state index contributed by atoms with van der Waals surface area (Å²) in [6, 6.07) is 3.77. The molecule has 0 aliphatic carbocycles. The fourth-order valence-corrected chi connectivity index (χ4v) is 0.917. The van der Waals surface area contributed by atoms with Crippen molar-refractivity contribution in [1.82, 2.24) is 4.98 Å². The first-order valence-corrected chi connectivity index (χ1v) is 4.49. The lowest BCUT2D eigenvalue weighted by Crippen LogP contribution is -2.19. The molecule has 1 aromatic rings. The van der Waals surface area contributed by atoms with E-state index in [0.29, 0.717) is 12.4 Å². The smallest absolute Gasteiger partial charge is 0.308 e. The van der Waals surface area contributed by atoms with E-state index >= 15 is 0 Å². The lowest BCUT2D eigenvalue weighted by atomic mass is 10.2. The van der Waals surface area contributed by atoms with Crippen LogP contribution in [-0.2, 0) is 4.79 Å². The summed E-state index contributed by atoms with van der Waals surface area (Å²) in [5.74, 6) is -0.494. The van der Waals surface area contributed by atoms with Crippen molar-refractivity contribution in [3.8, 4) is 0 Å². The Morgan fingerprint density at radius 2 is 2.36 bits per heavy atom. The van der Waals surface area contributed by atoms with E-state index in [2.05, 4.69) is 10.3 Å². The van der Waals surface area contributed by atoms with Crippen molar-refractivity contribution in [2.24, 2.45) is 5.92 Å². The Balaban J connectivity index is 2.46. The largest absolute Gasteiger partial charge is 0.481 e. The van der Waals surface area contributed by atoms with Gasteiger partial charge >= 0.3 is 5.97 Å². The minimum atomic E-state index is -0.801. The van der Waals surface area contributed by atoms with Gasteiger partial charge in [0.1, 0.15) is 5.82 Å². The van der Waals surface area contributed by atoms with Crippen LogP contribution in [0.25, 0.3) is 0 Å². The minimum Gasteiger partial charge on any atom is -0.481 e. The highest BCUT2D eigenvalue weighted by Crippen LogP contribution is 2.05. The molecule has 0 spiro atoms. The fourth-order valence-electron chi connectivity index (χ4n) is 0.917. The molecule has 0 saturated carbocycles. The zero-order chi connectivity index (χ0) is 10.6. The first kappa shape index (κ1) is 10.5. The summed E-state index contributed by atoms with van der Waals surface area (Å²) in [6.45, 7) is 4.01. The molecule has 0 amide bonds. The van der Waals surface area contributed by atoms with Crippen molar-refractivity contribution in [1.29, 1.82) is 0 Å². The van der Waals surface area contributed by atoms with Crippen LogP contribution in [0.2, 0.25) is 0 Å². The maximum atomic E-state index is 10.5. The number of aryl methyl sites for hydroxylation is 1. The third-order valence-electron chi connectivity index (χ3n) is 1.92. The Kier molecular flexibility index (Phi) is 3.45. The van der Waals surface area contributed by atoms with Gasteiger partial charge in [-0.2, -0.15) is 0 Å². The van der Waals surface area contributed by atoms with Gasteiger partial charge in [0.2, 0.25) is 0 Å². The Bertz CT molecular complexity index is 308. The maximum Gasteiger partial charge on any atom is 0.308 e. The van der Waals surface area contributed by atoms with Gasteiger partial charge in [0, 0.05) is 12.7 Å². The normalized spacial score (nSPS) is 12.1. The Hall–Kier alpha value is -1.58. The van der Waals surface area contributed by atoms with Crippen LogP contribution in [0.3, 0.4) is 0 Å². The third kappa shape index (κ3) is 3.05. The van der Waals surface area contributed by atoms with Crippen molar-refractivity contribution in [2.45, 2.75) is 13.8 Å². The van der Waals surface area contributed by atoms with Crippen LogP contribution >= 0.6 is 0 Å². The molecule has 0 aliphatic heterocycles. The lowest BCUT2D eigenvalue weighted by Gasteiger charge is -2.08. The van der Waals surface area contributed by atoms with Crippen molar-refractivity contribution in [3.05, 3.63) is 23.9 Å². The van der Waals surface area contributed by atoms with Crippen LogP contribution in [0, 0.1) is 12.8 Å². The number of rotatable bonds is 4. The zero-order valence-corrected chi connectivity index (χ0v) is 8.32. The molecule has 0 aromatic carbocycles. The number of nitrogens with one attached hydrogen (secondary N) is 1. The number of aromatic nitrogens is 1. The SMILES string of the molecule is Cc1ccc(NCC(C)C(=O)O)nc1. The number of nitrogens with zero attached hydrogens (tertiary/aromatic N) is 1. The van der Waals surface area contributed by atoms with Crippen molar-refractivity contribution in [3.63, 3.8) is 0 Å². The highest BCUT2D eigenvalue weighted by atomic mass is 16.4. The molecule has 0 radical (unpaired) electrons. The second-order valence-electron chi connectivity index (χ2n) is 3.34. The van der Waals surface area contributed by atoms with E-state index in [-0.39, 0.29) is 0 Å². The molecular formula is C10H14N2O2. The van der Waals surface area contributed by atoms with E-state index in [4.69, 9.17) is 5.11 Å². The van der Waals surface area contributed by atoms with Gasteiger partial charge in [-0.05, 0) is 18.6 Å².